The van der Waals surface area contributed by atoms with E-state index in [9.17, 15) is 14.4 Å². The maximum absolute atomic E-state index is 12.6. The molecule has 1 aliphatic rings. The molecule has 0 aliphatic carbocycles. The van der Waals surface area contributed by atoms with Crippen molar-refractivity contribution in [2.24, 2.45) is 0 Å². The molecule has 7 heteroatoms. The van der Waals surface area contributed by atoms with E-state index in [4.69, 9.17) is 9.15 Å². The van der Waals surface area contributed by atoms with Crippen LogP contribution >= 0.6 is 0 Å². The molecule has 2 heterocycles. The van der Waals surface area contributed by atoms with Crippen molar-refractivity contribution >= 4 is 29.2 Å². The van der Waals surface area contributed by atoms with E-state index in [0.717, 1.165) is 5.56 Å². The predicted molar refractivity (Wildman–Crippen MR) is 101 cm³/mol. The Labute approximate surface area is 160 Å². The lowest BCUT2D eigenvalue weighted by molar-refractivity contribution is -0.125. The summed E-state index contributed by atoms with van der Waals surface area (Å²) in [4.78, 5) is 36.7. The van der Waals surface area contributed by atoms with Crippen LogP contribution in [0.15, 0.2) is 71.3 Å². The van der Waals surface area contributed by atoms with Gasteiger partial charge in [-0.3, -0.25) is 9.59 Å². The van der Waals surface area contributed by atoms with Crippen molar-refractivity contribution in [1.29, 1.82) is 0 Å². The van der Waals surface area contributed by atoms with Crippen LogP contribution in [0.5, 0.6) is 0 Å². The van der Waals surface area contributed by atoms with Crippen LogP contribution in [-0.4, -0.2) is 23.9 Å². The number of furan rings is 1. The number of carbonyl (C=O) groups is 3. The first kappa shape index (κ1) is 17.5. The second-order valence-electron chi connectivity index (χ2n) is 6.26. The molecule has 3 aromatic rings. The lowest BCUT2D eigenvalue weighted by atomic mass is 9.98. The van der Waals surface area contributed by atoms with Gasteiger partial charge in [0.15, 0.2) is 11.9 Å². The van der Waals surface area contributed by atoms with E-state index in [0.29, 0.717) is 23.4 Å². The molecule has 1 aromatic heterocycles. The second kappa shape index (κ2) is 7.40. The van der Waals surface area contributed by atoms with Gasteiger partial charge >= 0.3 is 5.97 Å². The first-order valence-electron chi connectivity index (χ1n) is 8.65. The van der Waals surface area contributed by atoms with E-state index in [-0.39, 0.29) is 5.76 Å². The Morgan fingerprint density at radius 3 is 2.50 bits per heavy atom. The zero-order valence-corrected chi connectivity index (χ0v) is 14.7. The molecule has 7 nitrogen and oxygen atoms in total. The molecule has 2 N–H and O–H groups in total. The molecule has 28 heavy (non-hydrogen) atoms. The Morgan fingerprint density at radius 2 is 1.71 bits per heavy atom. The number of fused-ring (bicyclic) bond motifs is 1. The van der Waals surface area contributed by atoms with Crippen LogP contribution < -0.4 is 10.6 Å². The molecule has 0 fully saturated rings. The topological polar surface area (TPSA) is 97.6 Å². The van der Waals surface area contributed by atoms with Gasteiger partial charge in [-0.1, -0.05) is 24.3 Å². The van der Waals surface area contributed by atoms with Gasteiger partial charge in [0.25, 0.3) is 11.8 Å². The van der Waals surface area contributed by atoms with Crippen molar-refractivity contribution in [3.8, 4) is 0 Å². The number of ether oxygens (including phenoxy) is 1. The van der Waals surface area contributed by atoms with E-state index >= 15 is 0 Å². The SMILES string of the molecule is O=C(Nc1cccc(NC(=O)[C@@H]2Cc3ccccc3C(=O)O2)c1)c1ccco1. The molecule has 0 saturated carbocycles. The van der Waals surface area contributed by atoms with Gasteiger partial charge in [0, 0.05) is 17.8 Å². The highest BCUT2D eigenvalue weighted by molar-refractivity contribution is 6.03. The average molecular weight is 376 g/mol. The van der Waals surface area contributed by atoms with Gasteiger partial charge in [-0.05, 0) is 42.0 Å². The molecule has 1 atom stereocenters. The quantitative estimate of drug-likeness (QED) is 0.681. The van der Waals surface area contributed by atoms with Crippen molar-refractivity contribution < 1.29 is 23.5 Å². The summed E-state index contributed by atoms with van der Waals surface area (Å²) in [5.74, 6) is -1.16. The summed E-state index contributed by atoms with van der Waals surface area (Å²) < 4.78 is 10.3. The van der Waals surface area contributed by atoms with Crippen molar-refractivity contribution in [2.45, 2.75) is 12.5 Å². The van der Waals surface area contributed by atoms with Crippen LogP contribution in [0.4, 0.5) is 11.4 Å². The average Bonchev–Trinajstić information content (AvgIpc) is 3.23. The van der Waals surface area contributed by atoms with Crippen LogP contribution in [0.1, 0.15) is 26.5 Å². The second-order valence-corrected chi connectivity index (χ2v) is 6.26. The Bertz CT molecular complexity index is 1040. The predicted octanol–water partition coefficient (Wildman–Crippen LogP) is 3.25. The molecular formula is C21H16N2O5. The summed E-state index contributed by atoms with van der Waals surface area (Å²) in [7, 11) is 0. The third kappa shape index (κ3) is 3.64. The highest BCUT2D eigenvalue weighted by atomic mass is 16.5. The van der Waals surface area contributed by atoms with Gasteiger partial charge in [-0.2, -0.15) is 0 Å². The van der Waals surface area contributed by atoms with Crippen LogP contribution in [-0.2, 0) is 16.0 Å². The minimum Gasteiger partial charge on any atom is -0.459 e. The van der Waals surface area contributed by atoms with Crippen molar-refractivity contribution in [2.75, 3.05) is 10.6 Å². The number of carbonyl (C=O) groups excluding carboxylic acids is 3. The summed E-state index contributed by atoms with van der Waals surface area (Å²) in [5.41, 5.74) is 2.22. The fourth-order valence-electron chi connectivity index (χ4n) is 2.98. The normalized spacial score (nSPS) is 15.3. The Hall–Kier alpha value is -3.87. The number of cyclic esters (lactones) is 1. The largest absolute Gasteiger partial charge is 0.459 e. The van der Waals surface area contributed by atoms with Crippen LogP contribution in [0, 0.1) is 0 Å². The third-order valence-electron chi connectivity index (χ3n) is 4.32. The molecule has 0 radical (unpaired) electrons. The highest BCUT2D eigenvalue weighted by Gasteiger charge is 2.31. The van der Waals surface area contributed by atoms with Gasteiger partial charge < -0.3 is 19.8 Å². The molecule has 0 spiro atoms. The monoisotopic (exact) mass is 376 g/mol. The number of hydrogen-bond donors (Lipinski definition) is 2. The molecule has 140 valence electrons. The summed E-state index contributed by atoms with van der Waals surface area (Å²) in [6, 6.07) is 16.9. The summed E-state index contributed by atoms with van der Waals surface area (Å²) in [6.07, 6.45) is 0.807. The first-order chi connectivity index (χ1) is 13.6. The lowest BCUT2D eigenvalue weighted by Gasteiger charge is -2.23. The minimum atomic E-state index is -0.913. The molecule has 1 aliphatic heterocycles. The van der Waals surface area contributed by atoms with Crippen molar-refractivity contribution in [3.05, 3.63) is 83.8 Å². The highest BCUT2D eigenvalue weighted by Crippen LogP contribution is 2.22. The van der Waals surface area contributed by atoms with Gasteiger partial charge in [0.05, 0.1) is 11.8 Å². The number of benzene rings is 2. The van der Waals surface area contributed by atoms with Crippen LogP contribution in [0.3, 0.4) is 0 Å². The van der Waals surface area contributed by atoms with Crippen molar-refractivity contribution in [1.82, 2.24) is 0 Å². The number of hydrogen-bond acceptors (Lipinski definition) is 5. The van der Waals surface area contributed by atoms with Crippen LogP contribution in [0.2, 0.25) is 0 Å². The first-order valence-corrected chi connectivity index (χ1v) is 8.65. The smallest absolute Gasteiger partial charge is 0.339 e. The van der Waals surface area contributed by atoms with Gasteiger partial charge in [-0.15, -0.1) is 0 Å². The Kier molecular flexibility index (Phi) is 4.63. The zero-order chi connectivity index (χ0) is 19.5. The number of nitrogens with one attached hydrogen (secondary N) is 2. The van der Waals surface area contributed by atoms with E-state index in [2.05, 4.69) is 10.6 Å². The number of amides is 2. The molecule has 2 aromatic carbocycles. The molecule has 0 bridgehead atoms. The van der Waals surface area contributed by atoms with Gasteiger partial charge in [0.1, 0.15) is 0 Å². The van der Waals surface area contributed by atoms with Crippen LogP contribution in [0.25, 0.3) is 0 Å². The fourth-order valence-corrected chi connectivity index (χ4v) is 2.98. The fraction of sp³-hybridized carbons (Fsp3) is 0.0952. The standard InChI is InChI=1S/C21H16N2O5/c24-19(17-9-4-10-27-17)22-14-6-3-7-15(12-14)23-20(25)18-11-13-5-1-2-8-16(13)21(26)28-18/h1-10,12,18H,11H2,(H,22,24)(H,23,25)/t18-/m0/s1. The Morgan fingerprint density at radius 1 is 0.929 bits per heavy atom. The lowest BCUT2D eigenvalue weighted by Crippen LogP contribution is -2.37. The Balaban J connectivity index is 1.44. The van der Waals surface area contributed by atoms with Crippen molar-refractivity contribution in [3.63, 3.8) is 0 Å². The van der Waals surface area contributed by atoms with E-state index in [1.165, 1.54) is 6.26 Å². The van der Waals surface area contributed by atoms with E-state index in [1.54, 1.807) is 54.6 Å². The number of esters is 1. The maximum atomic E-state index is 12.6. The molecule has 2 amide bonds. The summed E-state index contributed by atoms with van der Waals surface area (Å²) in [6.45, 7) is 0. The van der Waals surface area contributed by atoms with E-state index in [1.807, 2.05) is 6.07 Å². The molecular weight excluding hydrogens is 360 g/mol. The van der Waals surface area contributed by atoms with Gasteiger partial charge in [0.2, 0.25) is 0 Å². The zero-order valence-electron chi connectivity index (χ0n) is 14.7. The maximum Gasteiger partial charge on any atom is 0.339 e. The summed E-state index contributed by atoms with van der Waals surface area (Å²) >= 11 is 0. The molecule has 0 unspecified atom stereocenters. The molecule has 0 saturated heterocycles. The molecule has 4 rings (SSSR count). The van der Waals surface area contributed by atoms with Gasteiger partial charge in [-0.25, -0.2) is 4.79 Å². The third-order valence-corrected chi connectivity index (χ3v) is 4.32. The summed E-state index contributed by atoms with van der Waals surface area (Å²) in [5, 5.41) is 5.41. The minimum absolute atomic E-state index is 0.183. The number of anilines is 2. The number of rotatable bonds is 4. The van der Waals surface area contributed by atoms with E-state index < -0.39 is 23.9 Å².